The minimum atomic E-state index is -1.06. The van der Waals surface area contributed by atoms with Gasteiger partial charge in [-0.15, -0.1) is 0 Å². The van der Waals surface area contributed by atoms with E-state index in [1.165, 1.54) is 12.3 Å². The Hall–Kier alpha value is -0.650. The average Bonchev–Trinajstić information content (AvgIpc) is 2.17. The third-order valence-electron chi connectivity index (χ3n) is 1.64. The number of halogens is 1. The van der Waals surface area contributed by atoms with E-state index < -0.39 is 18.2 Å². The third kappa shape index (κ3) is 2.65. The number of aliphatic hydroxyl groups excluding tert-OH is 2. The molecule has 0 bridgehead atoms. The molecule has 0 aliphatic rings. The van der Waals surface area contributed by atoms with E-state index in [4.69, 9.17) is 0 Å². The molecule has 1 heterocycles. The maximum atomic E-state index is 12.4. The van der Waals surface area contributed by atoms with E-state index in [0.29, 0.717) is 5.56 Å². The molecular formula is C8H10FNO2S. The fourth-order valence-corrected chi connectivity index (χ4v) is 1.08. The summed E-state index contributed by atoms with van der Waals surface area (Å²) in [6.45, 7) is 0. The van der Waals surface area contributed by atoms with Crippen LogP contribution >= 0.6 is 12.6 Å². The monoisotopic (exact) mass is 203 g/mol. The lowest BCUT2D eigenvalue weighted by Crippen LogP contribution is -2.19. The Kier molecular flexibility index (Phi) is 3.65. The van der Waals surface area contributed by atoms with E-state index in [0.717, 1.165) is 6.07 Å². The number of rotatable bonds is 3. The van der Waals surface area contributed by atoms with Crippen LogP contribution in [0.1, 0.15) is 11.7 Å². The highest BCUT2D eigenvalue weighted by Gasteiger charge is 2.16. The number of pyridine rings is 1. The molecule has 0 saturated heterocycles. The van der Waals surface area contributed by atoms with Crippen molar-refractivity contribution in [2.75, 3.05) is 5.75 Å². The Morgan fingerprint density at radius 1 is 1.46 bits per heavy atom. The summed E-state index contributed by atoms with van der Waals surface area (Å²) in [5, 5.41) is 18.6. The van der Waals surface area contributed by atoms with Gasteiger partial charge in [-0.2, -0.15) is 17.0 Å². The Balaban J connectivity index is 2.77. The van der Waals surface area contributed by atoms with E-state index in [1.807, 2.05) is 0 Å². The molecule has 1 aromatic heterocycles. The van der Waals surface area contributed by atoms with Crippen LogP contribution in [0.15, 0.2) is 18.3 Å². The first kappa shape index (κ1) is 10.4. The molecule has 1 rings (SSSR count). The summed E-state index contributed by atoms with van der Waals surface area (Å²) in [6, 6.07) is 2.50. The summed E-state index contributed by atoms with van der Waals surface area (Å²) < 4.78 is 12.4. The predicted octanol–water partition coefficient (Wildman–Crippen LogP) is 0.545. The highest BCUT2D eigenvalue weighted by atomic mass is 32.1. The minimum Gasteiger partial charge on any atom is -0.389 e. The normalized spacial score (nSPS) is 15.4. The van der Waals surface area contributed by atoms with Crippen LogP contribution in [0.2, 0.25) is 0 Å². The lowest BCUT2D eigenvalue weighted by molar-refractivity contribution is 0.0335. The van der Waals surface area contributed by atoms with Crippen molar-refractivity contribution in [1.82, 2.24) is 4.98 Å². The Labute approximate surface area is 80.7 Å². The summed E-state index contributed by atoms with van der Waals surface area (Å²) in [5.74, 6) is -0.477. The van der Waals surface area contributed by atoms with Gasteiger partial charge in [0.15, 0.2) is 0 Å². The van der Waals surface area contributed by atoms with Gasteiger partial charge in [0.1, 0.15) is 6.10 Å². The highest BCUT2D eigenvalue weighted by molar-refractivity contribution is 7.80. The predicted molar refractivity (Wildman–Crippen MR) is 49.0 cm³/mol. The number of nitrogens with zero attached hydrogens (tertiary/aromatic N) is 1. The molecule has 1 aromatic rings. The van der Waals surface area contributed by atoms with Crippen LogP contribution in [-0.2, 0) is 0 Å². The second-order valence-corrected chi connectivity index (χ2v) is 2.97. The first-order valence-electron chi connectivity index (χ1n) is 3.73. The molecule has 0 aliphatic carbocycles. The molecule has 0 aliphatic heterocycles. The molecular weight excluding hydrogens is 193 g/mol. The molecule has 5 heteroatoms. The lowest BCUT2D eigenvalue weighted by Gasteiger charge is -2.15. The Morgan fingerprint density at radius 3 is 2.62 bits per heavy atom. The number of thiol groups is 1. The quantitative estimate of drug-likeness (QED) is 0.496. The summed E-state index contributed by atoms with van der Waals surface area (Å²) in [7, 11) is 0. The van der Waals surface area contributed by atoms with Crippen molar-refractivity contribution in [2.24, 2.45) is 0 Å². The zero-order valence-electron chi connectivity index (χ0n) is 6.76. The van der Waals surface area contributed by atoms with Crippen LogP contribution in [0.4, 0.5) is 4.39 Å². The van der Waals surface area contributed by atoms with Gasteiger partial charge in [0.2, 0.25) is 5.95 Å². The molecule has 0 amide bonds. The van der Waals surface area contributed by atoms with Crippen molar-refractivity contribution < 1.29 is 14.6 Å². The fraction of sp³-hybridized carbons (Fsp3) is 0.375. The maximum Gasteiger partial charge on any atom is 0.212 e. The molecule has 72 valence electrons. The van der Waals surface area contributed by atoms with E-state index in [1.54, 1.807) is 0 Å². The number of aliphatic hydroxyl groups is 2. The summed E-state index contributed by atoms with van der Waals surface area (Å²) in [4.78, 5) is 3.35. The Bertz CT molecular complexity index is 267. The van der Waals surface area contributed by atoms with Gasteiger partial charge >= 0.3 is 0 Å². The van der Waals surface area contributed by atoms with Gasteiger partial charge in [-0.25, -0.2) is 4.98 Å². The molecule has 3 nitrogen and oxygen atoms in total. The molecule has 0 saturated carbocycles. The second kappa shape index (κ2) is 4.55. The van der Waals surface area contributed by atoms with Crippen LogP contribution < -0.4 is 0 Å². The summed E-state index contributed by atoms with van der Waals surface area (Å²) in [6.07, 6.45) is -0.840. The smallest absolute Gasteiger partial charge is 0.212 e. The van der Waals surface area contributed by atoms with Crippen LogP contribution in [0.3, 0.4) is 0 Å². The second-order valence-electron chi connectivity index (χ2n) is 2.61. The molecule has 0 fully saturated rings. The molecule has 0 radical (unpaired) electrons. The van der Waals surface area contributed by atoms with Crippen LogP contribution in [0, 0.1) is 5.95 Å². The highest BCUT2D eigenvalue weighted by Crippen LogP contribution is 2.16. The van der Waals surface area contributed by atoms with E-state index in [2.05, 4.69) is 17.6 Å². The standard InChI is InChI=1S/C8H10FNO2S/c9-7-2-1-5(3-10-7)8(12)6(11)4-13/h1-3,6,8,11-13H,4H2. The molecule has 2 atom stereocenters. The first-order chi connectivity index (χ1) is 6.15. The number of hydrogen-bond acceptors (Lipinski definition) is 4. The number of aromatic nitrogens is 1. The first-order valence-corrected chi connectivity index (χ1v) is 4.37. The van der Waals surface area contributed by atoms with E-state index in [-0.39, 0.29) is 5.75 Å². The fourth-order valence-electron chi connectivity index (χ4n) is 0.884. The van der Waals surface area contributed by atoms with Crippen molar-refractivity contribution in [3.63, 3.8) is 0 Å². The van der Waals surface area contributed by atoms with Gasteiger partial charge in [0, 0.05) is 17.5 Å². The molecule has 0 spiro atoms. The van der Waals surface area contributed by atoms with Crippen molar-refractivity contribution in [3.8, 4) is 0 Å². The third-order valence-corrected chi connectivity index (χ3v) is 2.02. The van der Waals surface area contributed by atoms with Crippen LogP contribution in [-0.4, -0.2) is 27.1 Å². The Morgan fingerprint density at radius 2 is 2.15 bits per heavy atom. The summed E-state index contributed by atoms with van der Waals surface area (Å²) in [5.41, 5.74) is 0.378. The molecule has 13 heavy (non-hydrogen) atoms. The van der Waals surface area contributed by atoms with Crippen LogP contribution in [0.5, 0.6) is 0 Å². The van der Waals surface area contributed by atoms with Crippen molar-refractivity contribution in [2.45, 2.75) is 12.2 Å². The lowest BCUT2D eigenvalue weighted by atomic mass is 10.1. The van der Waals surface area contributed by atoms with E-state index in [9.17, 15) is 14.6 Å². The van der Waals surface area contributed by atoms with E-state index >= 15 is 0 Å². The largest absolute Gasteiger partial charge is 0.389 e. The van der Waals surface area contributed by atoms with Gasteiger partial charge in [-0.1, -0.05) is 6.07 Å². The van der Waals surface area contributed by atoms with Crippen molar-refractivity contribution in [3.05, 3.63) is 29.8 Å². The average molecular weight is 203 g/mol. The van der Waals surface area contributed by atoms with Gasteiger partial charge < -0.3 is 10.2 Å². The van der Waals surface area contributed by atoms with Crippen molar-refractivity contribution in [1.29, 1.82) is 0 Å². The summed E-state index contributed by atoms with van der Waals surface area (Å²) >= 11 is 3.82. The zero-order valence-corrected chi connectivity index (χ0v) is 7.66. The molecule has 2 N–H and O–H groups in total. The minimum absolute atomic E-state index is 0.137. The number of hydrogen-bond donors (Lipinski definition) is 3. The van der Waals surface area contributed by atoms with Gasteiger partial charge in [-0.05, 0) is 6.07 Å². The SMILES string of the molecule is OC(CS)C(O)c1ccc(F)nc1. The molecule has 0 aromatic carbocycles. The van der Waals surface area contributed by atoms with Gasteiger partial charge in [-0.3, -0.25) is 0 Å². The topological polar surface area (TPSA) is 53.4 Å². The molecule has 2 unspecified atom stereocenters. The van der Waals surface area contributed by atoms with Gasteiger partial charge in [0.05, 0.1) is 6.10 Å². The van der Waals surface area contributed by atoms with Gasteiger partial charge in [0.25, 0.3) is 0 Å². The maximum absolute atomic E-state index is 12.4. The van der Waals surface area contributed by atoms with Crippen LogP contribution in [0.25, 0.3) is 0 Å². The zero-order chi connectivity index (χ0) is 9.84. The van der Waals surface area contributed by atoms with Crippen molar-refractivity contribution >= 4 is 12.6 Å².